The van der Waals surface area contributed by atoms with Crippen LogP contribution in [0.25, 0.3) is 0 Å². The van der Waals surface area contributed by atoms with Crippen LogP contribution < -0.4 is 11.2 Å². The maximum Gasteiger partial charge on any atom is 0.490 e. The van der Waals surface area contributed by atoms with Gasteiger partial charge in [-0.1, -0.05) is 0 Å². The van der Waals surface area contributed by atoms with Crippen LogP contribution in [0.15, 0.2) is 20.3 Å². The number of H-pyrrole nitrogens is 1. The maximum absolute atomic E-state index is 11.8. The van der Waals surface area contributed by atoms with Gasteiger partial charge < -0.3 is 29.4 Å². The third-order valence-electron chi connectivity index (χ3n) is 3.26. The lowest BCUT2D eigenvalue weighted by Gasteiger charge is -2.19. The summed E-state index contributed by atoms with van der Waals surface area (Å²) in [5, 5.41) is 9.97. The van der Waals surface area contributed by atoms with Crippen molar-refractivity contribution in [3.8, 4) is 0 Å². The molecule has 1 fully saturated rings. The average Bonchev–Trinajstić information content (AvgIpc) is 2.86. The van der Waals surface area contributed by atoms with Crippen molar-refractivity contribution in [2.75, 3.05) is 6.61 Å². The summed E-state index contributed by atoms with van der Waals surface area (Å²) in [6.07, 6.45) is -2.83. The Bertz CT molecular complexity index is 1020. The van der Waals surface area contributed by atoms with Crippen molar-refractivity contribution >= 4 is 39.4 Å². The van der Waals surface area contributed by atoms with E-state index < -0.39 is 59.8 Å². The summed E-state index contributed by atoms with van der Waals surface area (Å²) >= 11 is 2.91. The zero-order valence-corrected chi connectivity index (χ0v) is 18.1. The van der Waals surface area contributed by atoms with E-state index in [9.17, 15) is 33.3 Å². The molecule has 2 heterocycles. The smallest absolute Gasteiger partial charge is 0.390 e. The topological polar surface area (TPSA) is 244 Å². The summed E-state index contributed by atoms with van der Waals surface area (Å²) in [4.78, 5) is 60.5. The first-order valence-corrected chi connectivity index (χ1v) is 12.5. The van der Waals surface area contributed by atoms with Crippen LogP contribution in [0.1, 0.15) is 12.6 Å². The van der Waals surface area contributed by atoms with Crippen molar-refractivity contribution in [1.82, 2.24) is 9.55 Å². The highest BCUT2D eigenvalue weighted by molar-refractivity contribution is 9.10. The summed E-state index contributed by atoms with van der Waals surface area (Å²) in [7, 11) is -16.6. The first-order valence-electron chi connectivity index (χ1n) is 7.21. The van der Waals surface area contributed by atoms with E-state index in [1.54, 1.807) is 0 Å². The number of nitrogens with zero attached hydrogens (tertiary/aromatic N) is 1. The number of aliphatic hydroxyl groups is 1. The van der Waals surface area contributed by atoms with E-state index in [2.05, 4.69) is 29.1 Å². The Morgan fingerprint density at radius 3 is 2.38 bits per heavy atom. The average molecular weight is 547 g/mol. The molecule has 16 nitrogen and oxygen atoms in total. The summed E-state index contributed by atoms with van der Waals surface area (Å²) in [6.45, 7) is -0.888. The van der Waals surface area contributed by atoms with Gasteiger partial charge in [0.05, 0.1) is 17.2 Å². The Morgan fingerprint density at radius 2 is 1.79 bits per heavy atom. The van der Waals surface area contributed by atoms with E-state index >= 15 is 0 Å². The number of phosphoric ester groups is 1. The predicted molar refractivity (Wildman–Crippen MR) is 93.4 cm³/mol. The molecule has 166 valence electrons. The molecule has 29 heavy (non-hydrogen) atoms. The molecule has 0 radical (unpaired) electrons. The number of halogens is 1. The molecule has 0 amide bonds. The van der Waals surface area contributed by atoms with Crippen molar-refractivity contribution in [3.63, 3.8) is 0 Å². The van der Waals surface area contributed by atoms with Crippen LogP contribution >= 0.6 is 39.4 Å². The van der Waals surface area contributed by atoms with Crippen LogP contribution in [-0.2, 0) is 31.6 Å². The standard InChI is InChI=1S/C9H14BrN2O14P3/c10-4-2-12(9(15)11-8(4)14)7-1-5(13)6(24-7)3-23-28(19,20)26-29(21,22)25-27(16,17)18/h2,5-7,13H,1,3H2,(H,19,20)(H,21,22)(H,11,14,15)(H2,16,17,18)/t5-,6+,7+/m1/s1. The van der Waals surface area contributed by atoms with Crippen LogP contribution in [0, 0.1) is 0 Å². The van der Waals surface area contributed by atoms with Gasteiger partial charge in [-0.05, 0) is 15.9 Å². The second kappa shape index (κ2) is 8.93. The van der Waals surface area contributed by atoms with Gasteiger partial charge in [-0.25, -0.2) is 18.5 Å². The number of hydrogen-bond donors (Lipinski definition) is 6. The van der Waals surface area contributed by atoms with Crippen molar-refractivity contribution in [2.45, 2.75) is 24.9 Å². The van der Waals surface area contributed by atoms with Gasteiger partial charge in [-0.15, -0.1) is 0 Å². The lowest BCUT2D eigenvalue weighted by molar-refractivity contribution is -0.0450. The maximum atomic E-state index is 11.8. The van der Waals surface area contributed by atoms with Gasteiger partial charge in [-0.2, -0.15) is 8.62 Å². The number of ether oxygens (including phenoxy) is 1. The number of nitrogens with one attached hydrogen (secondary N) is 1. The van der Waals surface area contributed by atoms with E-state index in [-0.39, 0.29) is 10.9 Å². The monoisotopic (exact) mass is 546 g/mol. The Labute approximate surface area is 168 Å². The third-order valence-corrected chi connectivity index (χ3v) is 7.62. The molecule has 1 aromatic rings. The van der Waals surface area contributed by atoms with E-state index in [4.69, 9.17) is 19.4 Å². The highest BCUT2D eigenvalue weighted by Crippen LogP contribution is 2.66. The highest BCUT2D eigenvalue weighted by Gasteiger charge is 2.42. The molecule has 2 unspecified atom stereocenters. The fraction of sp³-hybridized carbons (Fsp3) is 0.556. The number of phosphoric acid groups is 3. The fourth-order valence-electron chi connectivity index (χ4n) is 2.18. The SMILES string of the molecule is O=c1[nH]c(=O)n([C@@H]2C[C@@H](O)[C@H](COP(=O)(O)OP(=O)(O)OP(=O)(O)O)O2)cc1Br. The highest BCUT2D eigenvalue weighted by atomic mass is 79.9. The van der Waals surface area contributed by atoms with Gasteiger partial charge in [-0.3, -0.25) is 18.9 Å². The molecule has 6 N–H and O–H groups in total. The van der Waals surface area contributed by atoms with Crippen molar-refractivity contribution in [1.29, 1.82) is 0 Å². The van der Waals surface area contributed by atoms with Crippen molar-refractivity contribution in [2.24, 2.45) is 0 Å². The number of aromatic amines is 1. The molecule has 1 aliphatic heterocycles. The Morgan fingerprint density at radius 1 is 1.17 bits per heavy atom. The molecular weight excluding hydrogens is 533 g/mol. The summed E-state index contributed by atoms with van der Waals surface area (Å²) in [5.74, 6) is 0. The second-order valence-electron chi connectivity index (χ2n) is 5.46. The van der Waals surface area contributed by atoms with Gasteiger partial charge >= 0.3 is 29.2 Å². The van der Waals surface area contributed by atoms with E-state index in [0.29, 0.717) is 0 Å². The minimum absolute atomic E-state index is 0.00750. The van der Waals surface area contributed by atoms with Gasteiger partial charge in [0, 0.05) is 12.6 Å². The van der Waals surface area contributed by atoms with Gasteiger partial charge in [0.1, 0.15) is 12.3 Å². The molecule has 0 saturated carbocycles. The first kappa shape index (κ1) is 24.8. The third kappa shape index (κ3) is 7.29. The van der Waals surface area contributed by atoms with E-state index in [1.807, 2.05) is 4.98 Å². The zero-order valence-electron chi connectivity index (χ0n) is 13.8. The predicted octanol–water partition coefficient (Wildman–Crippen LogP) is -0.709. The zero-order chi connectivity index (χ0) is 22.2. The van der Waals surface area contributed by atoms with Crippen LogP contribution in [0.2, 0.25) is 0 Å². The molecule has 1 aromatic heterocycles. The second-order valence-corrected chi connectivity index (χ2v) is 10.7. The first-order chi connectivity index (χ1) is 13.1. The summed E-state index contributed by atoms with van der Waals surface area (Å²) < 4.78 is 51.2. The number of rotatable bonds is 8. The van der Waals surface area contributed by atoms with Gasteiger partial charge in [0.25, 0.3) is 5.56 Å². The summed E-state index contributed by atoms with van der Waals surface area (Å²) in [5.41, 5.74) is -1.56. The quantitative estimate of drug-likeness (QED) is 0.220. The largest absolute Gasteiger partial charge is 0.490 e. The van der Waals surface area contributed by atoms with E-state index in [1.165, 1.54) is 0 Å². The van der Waals surface area contributed by atoms with Crippen LogP contribution in [0.4, 0.5) is 0 Å². The Kier molecular flexibility index (Phi) is 7.62. The molecule has 0 spiro atoms. The molecule has 0 aromatic carbocycles. The number of aliphatic hydroxyl groups excluding tert-OH is 1. The molecule has 20 heteroatoms. The summed E-state index contributed by atoms with van der Waals surface area (Å²) in [6, 6.07) is 0. The fourth-order valence-corrected chi connectivity index (χ4v) is 5.53. The number of aromatic nitrogens is 2. The molecular formula is C9H14BrN2O14P3. The van der Waals surface area contributed by atoms with Gasteiger partial charge in [0.15, 0.2) is 0 Å². The molecule has 0 bridgehead atoms. The lowest BCUT2D eigenvalue weighted by Crippen LogP contribution is -2.32. The van der Waals surface area contributed by atoms with Crippen LogP contribution in [0.3, 0.4) is 0 Å². The molecule has 1 aliphatic rings. The Balaban J connectivity index is 2.03. The lowest BCUT2D eigenvalue weighted by atomic mass is 10.2. The van der Waals surface area contributed by atoms with Crippen LogP contribution in [0.5, 0.6) is 0 Å². The van der Waals surface area contributed by atoms with Crippen molar-refractivity contribution in [3.05, 3.63) is 31.5 Å². The minimum atomic E-state index is -5.68. The normalized spacial score (nSPS) is 26.8. The minimum Gasteiger partial charge on any atom is -0.390 e. The molecule has 0 aliphatic carbocycles. The Hall–Kier alpha value is -0.510. The molecule has 5 atom stereocenters. The van der Waals surface area contributed by atoms with E-state index in [0.717, 1.165) is 10.8 Å². The van der Waals surface area contributed by atoms with Gasteiger partial charge in [0.2, 0.25) is 0 Å². The molecule has 2 rings (SSSR count). The van der Waals surface area contributed by atoms with Crippen LogP contribution in [-0.4, -0.2) is 53.0 Å². The van der Waals surface area contributed by atoms with Crippen molar-refractivity contribution < 1.29 is 56.3 Å². The molecule has 1 saturated heterocycles. The number of hydrogen-bond acceptors (Lipinski definition) is 10.